The van der Waals surface area contributed by atoms with E-state index in [0.717, 1.165) is 5.69 Å². The second-order valence-electron chi connectivity index (χ2n) is 2.59. The van der Waals surface area contributed by atoms with Crippen LogP contribution >= 0.6 is 0 Å². The number of aromatic carboxylic acids is 1. The van der Waals surface area contributed by atoms with E-state index in [2.05, 4.69) is 15.5 Å². The molecular weight excluding hydrogens is 182 g/mol. The summed E-state index contributed by atoms with van der Waals surface area (Å²) < 4.78 is 0. The maximum absolute atomic E-state index is 10.8. The van der Waals surface area contributed by atoms with Gasteiger partial charge in [-0.05, 0) is 18.2 Å². The third kappa shape index (κ3) is 2.07. The molecule has 0 saturated carbocycles. The Labute approximate surface area is 81.5 Å². The third-order valence-electron chi connectivity index (χ3n) is 1.72. The second-order valence-corrected chi connectivity index (χ2v) is 2.59. The van der Waals surface area contributed by atoms with Crippen molar-refractivity contribution in [1.29, 1.82) is 0 Å². The van der Waals surface area contributed by atoms with E-state index in [1.54, 1.807) is 19.2 Å². The molecule has 1 aromatic rings. The summed E-state index contributed by atoms with van der Waals surface area (Å²) in [5.41, 5.74) is 1.24. The van der Waals surface area contributed by atoms with Gasteiger partial charge in [0, 0.05) is 19.8 Å². The molecule has 0 amide bonds. The lowest BCUT2D eigenvalue weighted by Gasteiger charge is -2.03. The standard InChI is InChI=1S/C9H11N3O2/c1-10-6-3-4-8(12-11-2)7(5-6)9(13)14/h3-5,10H,1-2H3,(H,13,14). The predicted octanol–water partition coefficient (Wildman–Crippen LogP) is 2.14. The topological polar surface area (TPSA) is 74.0 Å². The summed E-state index contributed by atoms with van der Waals surface area (Å²) in [4.78, 5) is 10.8. The van der Waals surface area contributed by atoms with Crippen LogP contribution in [0.25, 0.3) is 0 Å². The average Bonchev–Trinajstić information content (AvgIpc) is 2.18. The van der Waals surface area contributed by atoms with E-state index in [1.165, 1.54) is 13.1 Å². The number of hydrogen-bond acceptors (Lipinski definition) is 4. The molecule has 2 N–H and O–H groups in total. The number of carboxylic acids is 1. The molecule has 14 heavy (non-hydrogen) atoms. The van der Waals surface area contributed by atoms with E-state index in [0.29, 0.717) is 5.69 Å². The normalized spacial score (nSPS) is 10.4. The third-order valence-corrected chi connectivity index (χ3v) is 1.72. The molecule has 0 atom stereocenters. The predicted molar refractivity (Wildman–Crippen MR) is 53.4 cm³/mol. The summed E-state index contributed by atoms with van der Waals surface area (Å²) in [6.07, 6.45) is 0. The van der Waals surface area contributed by atoms with Gasteiger partial charge in [-0.15, -0.1) is 0 Å². The molecule has 0 heterocycles. The molecule has 1 rings (SSSR count). The van der Waals surface area contributed by atoms with Crippen LogP contribution in [0.4, 0.5) is 11.4 Å². The molecule has 74 valence electrons. The lowest BCUT2D eigenvalue weighted by molar-refractivity contribution is 0.0698. The van der Waals surface area contributed by atoms with E-state index in [9.17, 15) is 4.79 Å². The number of nitrogens with one attached hydrogen (secondary N) is 1. The zero-order valence-electron chi connectivity index (χ0n) is 7.98. The number of carbonyl (C=O) groups is 1. The Hall–Kier alpha value is -1.91. The molecule has 5 nitrogen and oxygen atoms in total. The molecule has 0 aliphatic carbocycles. The summed E-state index contributed by atoms with van der Waals surface area (Å²) in [5.74, 6) is -1.01. The first-order valence-corrected chi connectivity index (χ1v) is 4.04. The second kappa shape index (κ2) is 4.36. The maximum Gasteiger partial charge on any atom is 0.338 e. The minimum Gasteiger partial charge on any atom is -0.478 e. The van der Waals surface area contributed by atoms with E-state index in [1.807, 2.05) is 0 Å². The fraction of sp³-hybridized carbons (Fsp3) is 0.222. The molecule has 0 aromatic heterocycles. The first kappa shape index (κ1) is 10.2. The van der Waals surface area contributed by atoms with Gasteiger partial charge in [0.25, 0.3) is 0 Å². The van der Waals surface area contributed by atoms with E-state index in [4.69, 9.17) is 5.11 Å². The Bertz CT molecular complexity index is 374. The van der Waals surface area contributed by atoms with Gasteiger partial charge in [0.05, 0.1) is 11.3 Å². The van der Waals surface area contributed by atoms with Gasteiger partial charge in [0.1, 0.15) is 0 Å². The van der Waals surface area contributed by atoms with Gasteiger partial charge in [-0.1, -0.05) is 0 Å². The molecule has 0 saturated heterocycles. The lowest BCUT2D eigenvalue weighted by Crippen LogP contribution is -1.98. The summed E-state index contributed by atoms with van der Waals surface area (Å²) in [6, 6.07) is 4.88. The van der Waals surface area contributed by atoms with Crippen LogP contribution in [-0.4, -0.2) is 25.2 Å². The summed E-state index contributed by atoms with van der Waals surface area (Å²) in [7, 11) is 3.22. The minimum absolute atomic E-state index is 0.141. The quantitative estimate of drug-likeness (QED) is 0.722. The van der Waals surface area contributed by atoms with Crippen molar-refractivity contribution < 1.29 is 9.90 Å². The highest BCUT2D eigenvalue weighted by Gasteiger charge is 2.09. The summed E-state index contributed by atoms with van der Waals surface area (Å²) >= 11 is 0. The van der Waals surface area contributed by atoms with Crippen LogP contribution in [0, 0.1) is 0 Å². The number of carboxylic acid groups (broad SMARTS) is 1. The van der Waals surface area contributed by atoms with E-state index < -0.39 is 5.97 Å². The molecule has 0 unspecified atom stereocenters. The van der Waals surface area contributed by atoms with Crippen molar-refractivity contribution >= 4 is 17.3 Å². The molecule has 0 fully saturated rings. The largest absolute Gasteiger partial charge is 0.478 e. The Balaban J connectivity index is 3.23. The van der Waals surface area contributed by atoms with Crippen LogP contribution in [-0.2, 0) is 0 Å². The fourth-order valence-electron chi connectivity index (χ4n) is 1.06. The van der Waals surface area contributed by atoms with Gasteiger partial charge in [0.2, 0.25) is 0 Å². The zero-order chi connectivity index (χ0) is 10.6. The van der Waals surface area contributed by atoms with Gasteiger partial charge < -0.3 is 10.4 Å². The highest BCUT2D eigenvalue weighted by atomic mass is 16.4. The highest BCUT2D eigenvalue weighted by molar-refractivity contribution is 5.94. The van der Waals surface area contributed by atoms with Crippen LogP contribution in [0.5, 0.6) is 0 Å². The zero-order valence-corrected chi connectivity index (χ0v) is 7.98. The van der Waals surface area contributed by atoms with Crippen molar-refractivity contribution in [3.8, 4) is 0 Å². The van der Waals surface area contributed by atoms with Crippen molar-refractivity contribution in [3.05, 3.63) is 23.8 Å². The first-order chi connectivity index (χ1) is 6.69. The number of anilines is 1. The number of benzene rings is 1. The number of hydrogen-bond donors (Lipinski definition) is 2. The Morgan fingerprint density at radius 3 is 2.71 bits per heavy atom. The molecule has 0 aliphatic rings. The van der Waals surface area contributed by atoms with Gasteiger partial charge >= 0.3 is 5.97 Å². The average molecular weight is 193 g/mol. The SMILES string of the molecule is CN=Nc1ccc(NC)cc1C(=O)O. The van der Waals surface area contributed by atoms with Crippen molar-refractivity contribution in [3.63, 3.8) is 0 Å². The minimum atomic E-state index is -1.01. The molecule has 0 bridgehead atoms. The van der Waals surface area contributed by atoms with Crippen LogP contribution in [0.1, 0.15) is 10.4 Å². The van der Waals surface area contributed by atoms with E-state index in [-0.39, 0.29) is 5.56 Å². The first-order valence-electron chi connectivity index (χ1n) is 4.04. The van der Waals surface area contributed by atoms with Crippen LogP contribution in [0.15, 0.2) is 28.4 Å². The monoisotopic (exact) mass is 193 g/mol. The van der Waals surface area contributed by atoms with Gasteiger partial charge in [0.15, 0.2) is 0 Å². The summed E-state index contributed by atoms with van der Waals surface area (Å²) in [6.45, 7) is 0. The van der Waals surface area contributed by atoms with Gasteiger partial charge in [-0.2, -0.15) is 10.2 Å². The summed E-state index contributed by atoms with van der Waals surface area (Å²) in [5, 5.41) is 19.0. The van der Waals surface area contributed by atoms with Crippen LogP contribution < -0.4 is 5.32 Å². The lowest BCUT2D eigenvalue weighted by atomic mass is 10.1. The number of rotatable bonds is 3. The number of nitrogens with zero attached hydrogens (tertiary/aromatic N) is 2. The fourth-order valence-corrected chi connectivity index (χ4v) is 1.06. The molecule has 0 spiro atoms. The number of azo groups is 1. The maximum atomic E-state index is 10.8. The molecular formula is C9H11N3O2. The van der Waals surface area contributed by atoms with Crippen molar-refractivity contribution in [2.75, 3.05) is 19.4 Å². The van der Waals surface area contributed by atoms with Crippen molar-refractivity contribution in [2.45, 2.75) is 0 Å². The smallest absolute Gasteiger partial charge is 0.338 e. The van der Waals surface area contributed by atoms with Crippen LogP contribution in [0.3, 0.4) is 0 Å². The Kier molecular flexibility index (Phi) is 3.17. The van der Waals surface area contributed by atoms with Gasteiger partial charge in [-0.25, -0.2) is 4.79 Å². The molecule has 5 heteroatoms. The van der Waals surface area contributed by atoms with Crippen LogP contribution in [0.2, 0.25) is 0 Å². The van der Waals surface area contributed by atoms with E-state index >= 15 is 0 Å². The molecule has 1 aromatic carbocycles. The molecule has 0 aliphatic heterocycles. The highest BCUT2D eigenvalue weighted by Crippen LogP contribution is 2.23. The Morgan fingerprint density at radius 1 is 1.50 bits per heavy atom. The molecule has 0 radical (unpaired) electrons. The van der Waals surface area contributed by atoms with Gasteiger partial charge in [-0.3, -0.25) is 0 Å². The van der Waals surface area contributed by atoms with Crippen molar-refractivity contribution in [2.24, 2.45) is 10.2 Å². The Morgan fingerprint density at radius 2 is 2.21 bits per heavy atom. The van der Waals surface area contributed by atoms with Crippen molar-refractivity contribution in [1.82, 2.24) is 0 Å².